The number of alkyl halides is 1. The van der Waals surface area contributed by atoms with Crippen molar-refractivity contribution in [3.63, 3.8) is 0 Å². The SMILES string of the molecule is CCC[C@H]1COC(CBr)(c2ccc(Cl)cc2Cl)O1. The van der Waals surface area contributed by atoms with E-state index < -0.39 is 5.79 Å². The fourth-order valence-electron chi connectivity index (χ4n) is 2.11. The Balaban J connectivity index is 2.28. The molecule has 1 fully saturated rings. The summed E-state index contributed by atoms with van der Waals surface area (Å²) in [7, 11) is 0. The topological polar surface area (TPSA) is 18.5 Å². The molecule has 100 valence electrons. The second-order valence-corrected chi connectivity index (χ2v) is 5.75. The van der Waals surface area contributed by atoms with Gasteiger partial charge in [-0.15, -0.1) is 0 Å². The first kappa shape index (κ1) is 14.6. The summed E-state index contributed by atoms with van der Waals surface area (Å²) in [5, 5.41) is 1.72. The molecule has 0 aliphatic carbocycles. The maximum Gasteiger partial charge on any atom is 0.206 e. The normalized spacial score (nSPS) is 27.7. The zero-order valence-corrected chi connectivity index (χ0v) is 13.2. The van der Waals surface area contributed by atoms with Crippen LogP contribution in [-0.2, 0) is 15.3 Å². The molecule has 18 heavy (non-hydrogen) atoms. The van der Waals surface area contributed by atoms with Gasteiger partial charge in [-0.25, -0.2) is 0 Å². The molecule has 1 aromatic carbocycles. The highest BCUT2D eigenvalue weighted by Crippen LogP contribution is 2.41. The van der Waals surface area contributed by atoms with Crippen LogP contribution in [-0.4, -0.2) is 18.0 Å². The number of hydrogen-bond donors (Lipinski definition) is 0. The van der Waals surface area contributed by atoms with Gasteiger partial charge in [-0.1, -0.05) is 58.5 Å². The standard InChI is InChI=1S/C13H15BrCl2O2/c1-2-3-10-7-17-13(8-14,18-10)11-5-4-9(15)6-12(11)16/h4-6,10H,2-3,7-8H2,1H3/t10-,13?/m0/s1. The Kier molecular flexibility index (Phi) is 4.95. The van der Waals surface area contributed by atoms with Crippen molar-refractivity contribution in [2.24, 2.45) is 0 Å². The highest BCUT2D eigenvalue weighted by molar-refractivity contribution is 9.09. The molecule has 2 rings (SSSR count). The summed E-state index contributed by atoms with van der Waals surface area (Å²) in [5.41, 5.74) is 0.823. The molecule has 5 heteroatoms. The van der Waals surface area contributed by atoms with E-state index in [0.29, 0.717) is 22.0 Å². The molecule has 2 nitrogen and oxygen atoms in total. The van der Waals surface area contributed by atoms with Gasteiger partial charge < -0.3 is 9.47 Å². The minimum absolute atomic E-state index is 0.124. The highest BCUT2D eigenvalue weighted by Gasteiger charge is 2.43. The van der Waals surface area contributed by atoms with E-state index in [1.54, 1.807) is 12.1 Å². The van der Waals surface area contributed by atoms with Crippen LogP contribution in [0.15, 0.2) is 18.2 Å². The Morgan fingerprint density at radius 3 is 2.83 bits per heavy atom. The van der Waals surface area contributed by atoms with E-state index in [-0.39, 0.29) is 6.10 Å². The zero-order valence-electron chi connectivity index (χ0n) is 10.1. The third-order valence-corrected chi connectivity index (χ3v) is 4.27. The van der Waals surface area contributed by atoms with Gasteiger partial charge in [0, 0.05) is 10.6 Å². The van der Waals surface area contributed by atoms with Gasteiger partial charge in [-0.05, 0) is 18.6 Å². The van der Waals surface area contributed by atoms with Gasteiger partial charge in [0.1, 0.15) is 0 Å². The Bertz CT molecular complexity index is 427. The van der Waals surface area contributed by atoms with Crippen LogP contribution < -0.4 is 0 Å². The summed E-state index contributed by atoms with van der Waals surface area (Å²) < 4.78 is 11.9. The van der Waals surface area contributed by atoms with Crippen molar-refractivity contribution in [3.05, 3.63) is 33.8 Å². The van der Waals surface area contributed by atoms with Crippen LogP contribution in [0.25, 0.3) is 0 Å². The first-order valence-electron chi connectivity index (χ1n) is 5.94. The third-order valence-electron chi connectivity index (χ3n) is 2.99. The molecule has 0 spiro atoms. The summed E-state index contributed by atoms with van der Waals surface area (Å²) in [6, 6.07) is 5.37. The van der Waals surface area contributed by atoms with Crippen molar-refractivity contribution in [3.8, 4) is 0 Å². The van der Waals surface area contributed by atoms with Crippen LogP contribution in [0.1, 0.15) is 25.3 Å². The predicted octanol–water partition coefficient (Wildman–Crippen LogP) is 4.76. The minimum Gasteiger partial charge on any atom is -0.342 e. The maximum atomic E-state index is 6.24. The van der Waals surface area contributed by atoms with Crippen LogP contribution in [0, 0.1) is 0 Å². The van der Waals surface area contributed by atoms with Crippen molar-refractivity contribution in [1.29, 1.82) is 0 Å². The van der Waals surface area contributed by atoms with Crippen molar-refractivity contribution in [2.45, 2.75) is 31.7 Å². The lowest BCUT2D eigenvalue weighted by Gasteiger charge is -2.27. The summed E-state index contributed by atoms with van der Waals surface area (Å²) in [6.07, 6.45) is 2.18. The largest absolute Gasteiger partial charge is 0.342 e. The average molecular weight is 354 g/mol. The number of ether oxygens (including phenoxy) is 2. The van der Waals surface area contributed by atoms with E-state index in [9.17, 15) is 0 Å². The second kappa shape index (κ2) is 6.10. The Labute approximate surface area is 126 Å². The lowest BCUT2D eigenvalue weighted by molar-refractivity contribution is -0.157. The molecule has 1 aromatic rings. The molecule has 1 aliphatic heterocycles. The number of hydrogen-bond acceptors (Lipinski definition) is 2. The predicted molar refractivity (Wildman–Crippen MR) is 77.7 cm³/mol. The van der Waals surface area contributed by atoms with Crippen LogP contribution in [0.3, 0.4) is 0 Å². The second-order valence-electron chi connectivity index (χ2n) is 4.35. The van der Waals surface area contributed by atoms with Crippen LogP contribution in [0.2, 0.25) is 10.0 Å². The van der Waals surface area contributed by atoms with Gasteiger partial charge >= 0.3 is 0 Å². The fraction of sp³-hybridized carbons (Fsp3) is 0.538. The van der Waals surface area contributed by atoms with E-state index in [2.05, 4.69) is 22.9 Å². The molecule has 1 saturated heterocycles. The molecule has 0 N–H and O–H groups in total. The van der Waals surface area contributed by atoms with Crippen molar-refractivity contribution < 1.29 is 9.47 Å². The first-order valence-corrected chi connectivity index (χ1v) is 7.82. The monoisotopic (exact) mass is 352 g/mol. The summed E-state index contributed by atoms with van der Waals surface area (Å²) >= 11 is 15.6. The van der Waals surface area contributed by atoms with Gasteiger partial charge in [0.25, 0.3) is 0 Å². The van der Waals surface area contributed by atoms with Crippen LogP contribution in [0.4, 0.5) is 0 Å². The Hall–Kier alpha value is 0.200. The van der Waals surface area contributed by atoms with E-state index >= 15 is 0 Å². The molecule has 1 unspecified atom stereocenters. The molecule has 1 aliphatic rings. The summed E-state index contributed by atoms with van der Waals surface area (Å²) in [5.74, 6) is -0.790. The fourth-order valence-corrected chi connectivity index (χ4v) is 3.26. The van der Waals surface area contributed by atoms with Crippen LogP contribution >= 0.6 is 39.1 Å². The Morgan fingerprint density at radius 2 is 2.22 bits per heavy atom. The number of rotatable bonds is 4. The molecular weight excluding hydrogens is 339 g/mol. The maximum absolute atomic E-state index is 6.24. The van der Waals surface area contributed by atoms with E-state index in [0.717, 1.165) is 18.4 Å². The molecule has 0 saturated carbocycles. The highest BCUT2D eigenvalue weighted by atomic mass is 79.9. The molecule has 0 bridgehead atoms. The van der Waals surface area contributed by atoms with Crippen molar-refractivity contribution in [2.75, 3.05) is 11.9 Å². The van der Waals surface area contributed by atoms with E-state index in [1.165, 1.54) is 0 Å². The molecule has 0 aromatic heterocycles. The summed E-state index contributed by atoms with van der Waals surface area (Å²) in [6.45, 7) is 2.73. The molecule has 0 amide bonds. The number of halogens is 3. The van der Waals surface area contributed by atoms with E-state index in [4.69, 9.17) is 32.7 Å². The quantitative estimate of drug-likeness (QED) is 0.727. The molecular formula is C13H15BrCl2O2. The van der Waals surface area contributed by atoms with Crippen molar-refractivity contribution in [1.82, 2.24) is 0 Å². The summed E-state index contributed by atoms with van der Waals surface area (Å²) in [4.78, 5) is 0. The zero-order chi connectivity index (χ0) is 13.2. The van der Waals surface area contributed by atoms with Crippen LogP contribution in [0.5, 0.6) is 0 Å². The van der Waals surface area contributed by atoms with E-state index in [1.807, 2.05) is 6.07 Å². The van der Waals surface area contributed by atoms with Gasteiger partial charge in [-0.3, -0.25) is 0 Å². The minimum atomic E-state index is -0.790. The third kappa shape index (κ3) is 2.86. The number of benzene rings is 1. The molecule has 0 radical (unpaired) electrons. The lowest BCUT2D eigenvalue weighted by atomic mass is 10.1. The molecule has 2 atom stereocenters. The van der Waals surface area contributed by atoms with Crippen molar-refractivity contribution >= 4 is 39.1 Å². The van der Waals surface area contributed by atoms with Gasteiger partial charge in [0.2, 0.25) is 5.79 Å². The first-order chi connectivity index (χ1) is 8.61. The smallest absolute Gasteiger partial charge is 0.206 e. The Morgan fingerprint density at radius 1 is 1.44 bits per heavy atom. The van der Waals surface area contributed by atoms with Gasteiger partial charge in [0.15, 0.2) is 0 Å². The average Bonchev–Trinajstić information content (AvgIpc) is 2.74. The van der Waals surface area contributed by atoms with Gasteiger partial charge in [0.05, 0.1) is 23.1 Å². The lowest BCUT2D eigenvalue weighted by Crippen LogP contribution is -2.30. The molecule has 1 heterocycles. The van der Waals surface area contributed by atoms with Gasteiger partial charge in [-0.2, -0.15) is 0 Å².